The topological polar surface area (TPSA) is 30.2 Å². The van der Waals surface area contributed by atoms with Gasteiger partial charge >= 0.3 is 6.18 Å². The lowest BCUT2D eigenvalue weighted by atomic mass is 10.3. The van der Waals surface area contributed by atoms with Crippen LogP contribution in [0.1, 0.15) is 30.9 Å². The van der Waals surface area contributed by atoms with Gasteiger partial charge in [0.25, 0.3) is 0 Å². The van der Waals surface area contributed by atoms with Gasteiger partial charge < -0.3 is 0 Å². The molecule has 2 aromatic rings. The number of fused-ring (bicyclic) bond motifs is 1. The lowest BCUT2D eigenvalue weighted by Gasteiger charge is -2.08. The highest BCUT2D eigenvalue weighted by molar-refractivity contribution is 5.41. The fraction of sp³-hybridized carbons (Fsp3) is 0.455. The lowest BCUT2D eigenvalue weighted by Crippen LogP contribution is -2.13. The molecule has 94 valence electrons. The van der Waals surface area contributed by atoms with Gasteiger partial charge in [-0.05, 0) is 19.9 Å². The smallest absolute Gasteiger partial charge is 0.234 e. The molecule has 0 aromatic carbocycles. The molecule has 0 atom stereocenters. The Morgan fingerprint density at radius 3 is 2.18 bits per heavy atom. The molecule has 0 aliphatic heterocycles. The maximum absolute atomic E-state index is 12.6. The van der Waals surface area contributed by atoms with Crippen LogP contribution in [-0.4, -0.2) is 14.6 Å². The first-order valence-electron chi connectivity index (χ1n) is 5.29. The van der Waals surface area contributed by atoms with E-state index >= 15 is 0 Å². The predicted molar refractivity (Wildman–Crippen MR) is 58.8 cm³/mol. The van der Waals surface area contributed by atoms with Crippen molar-refractivity contribution < 1.29 is 13.2 Å². The predicted octanol–water partition coefficient (Wildman–Crippen LogP) is 3.39. The lowest BCUT2D eigenvalue weighted by molar-refractivity contribution is -0.142. The van der Waals surface area contributed by atoms with E-state index in [1.54, 1.807) is 6.92 Å². The number of nitrogens with zero attached hydrogens (tertiary/aromatic N) is 3. The van der Waals surface area contributed by atoms with Crippen LogP contribution in [0, 0.1) is 13.8 Å². The fourth-order valence-corrected chi connectivity index (χ4v) is 1.42. The van der Waals surface area contributed by atoms with E-state index in [1.165, 1.54) is 13.0 Å². The van der Waals surface area contributed by atoms with Gasteiger partial charge in [0.05, 0.1) is 5.69 Å². The van der Waals surface area contributed by atoms with Crippen molar-refractivity contribution in [1.82, 2.24) is 14.6 Å². The summed E-state index contributed by atoms with van der Waals surface area (Å²) < 4.78 is 38.7. The molecule has 6 heteroatoms. The molecule has 2 aromatic heterocycles. The minimum Gasteiger partial charge on any atom is -0.234 e. The molecule has 2 rings (SSSR count). The SMILES string of the molecule is CC.Cc1cc(C(F)(F)F)n2nc(C)cc2n1. The quantitative estimate of drug-likeness (QED) is 0.712. The number of halogens is 3. The van der Waals surface area contributed by atoms with Crippen LogP contribution >= 0.6 is 0 Å². The summed E-state index contributed by atoms with van der Waals surface area (Å²) in [7, 11) is 0. The Labute approximate surface area is 97.3 Å². The van der Waals surface area contributed by atoms with Crippen molar-refractivity contribution >= 4 is 5.65 Å². The number of aromatic nitrogens is 3. The summed E-state index contributed by atoms with van der Waals surface area (Å²) >= 11 is 0. The van der Waals surface area contributed by atoms with Crippen LogP contribution in [0.4, 0.5) is 13.2 Å². The Kier molecular flexibility index (Phi) is 3.75. The van der Waals surface area contributed by atoms with Gasteiger partial charge in [-0.25, -0.2) is 9.50 Å². The molecule has 0 N–H and O–H groups in total. The zero-order valence-electron chi connectivity index (χ0n) is 10.1. The van der Waals surface area contributed by atoms with Gasteiger partial charge in [-0.15, -0.1) is 0 Å². The van der Waals surface area contributed by atoms with E-state index in [0.717, 1.165) is 10.6 Å². The van der Waals surface area contributed by atoms with E-state index in [-0.39, 0.29) is 5.65 Å². The molecule has 2 heterocycles. The van der Waals surface area contributed by atoms with Gasteiger partial charge in [0.15, 0.2) is 5.65 Å². The van der Waals surface area contributed by atoms with Gasteiger partial charge in [0.1, 0.15) is 5.69 Å². The highest BCUT2D eigenvalue weighted by Crippen LogP contribution is 2.29. The van der Waals surface area contributed by atoms with Gasteiger partial charge in [-0.1, -0.05) is 13.8 Å². The van der Waals surface area contributed by atoms with E-state index in [0.29, 0.717) is 11.4 Å². The van der Waals surface area contributed by atoms with Crippen LogP contribution in [0.5, 0.6) is 0 Å². The van der Waals surface area contributed by atoms with Crippen molar-refractivity contribution in [2.24, 2.45) is 0 Å². The second-order valence-electron chi connectivity index (χ2n) is 3.34. The first kappa shape index (κ1) is 13.5. The first-order valence-corrected chi connectivity index (χ1v) is 5.29. The molecule has 0 unspecified atom stereocenters. The molecule has 0 spiro atoms. The first-order chi connectivity index (χ1) is 7.88. The summed E-state index contributed by atoms with van der Waals surface area (Å²) in [6.07, 6.45) is -4.41. The summed E-state index contributed by atoms with van der Waals surface area (Å²) in [5, 5.41) is 3.75. The highest BCUT2D eigenvalue weighted by Gasteiger charge is 2.34. The number of rotatable bonds is 0. The van der Waals surface area contributed by atoms with E-state index in [2.05, 4.69) is 10.1 Å². The van der Waals surface area contributed by atoms with Crippen molar-refractivity contribution in [2.45, 2.75) is 33.9 Å². The summed E-state index contributed by atoms with van der Waals surface area (Å²) in [4.78, 5) is 3.97. The number of hydrogen-bond acceptors (Lipinski definition) is 2. The van der Waals surface area contributed by atoms with Gasteiger partial charge in [0, 0.05) is 11.8 Å². The van der Waals surface area contributed by atoms with Crippen molar-refractivity contribution in [3.63, 3.8) is 0 Å². The molecule has 0 fully saturated rings. The monoisotopic (exact) mass is 245 g/mol. The average molecular weight is 245 g/mol. The Morgan fingerprint density at radius 1 is 1.06 bits per heavy atom. The number of aryl methyl sites for hydroxylation is 2. The minimum atomic E-state index is -4.41. The molecule has 0 radical (unpaired) electrons. The minimum absolute atomic E-state index is 0.222. The van der Waals surface area contributed by atoms with Crippen molar-refractivity contribution in [1.29, 1.82) is 0 Å². The van der Waals surface area contributed by atoms with Gasteiger partial charge in [0.2, 0.25) is 0 Å². The molecule has 0 amide bonds. The van der Waals surface area contributed by atoms with Gasteiger partial charge in [-0.2, -0.15) is 18.3 Å². The van der Waals surface area contributed by atoms with Crippen molar-refractivity contribution in [3.8, 4) is 0 Å². The summed E-state index contributed by atoms with van der Waals surface area (Å²) in [5.74, 6) is 0. The summed E-state index contributed by atoms with van der Waals surface area (Å²) in [6.45, 7) is 7.15. The maximum Gasteiger partial charge on any atom is 0.433 e. The highest BCUT2D eigenvalue weighted by atomic mass is 19.4. The third-order valence-corrected chi connectivity index (χ3v) is 1.97. The molecule has 0 aliphatic rings. The standard InChI is InChI=1S/C9H8F3N3.C2H6/c1-5-3-7(9(10,11)12)15-8(13-5)4-6(2)14-15;1-2/h3-4H,1-2H3;1-2H3. The van der Waals surface area contributed by atoms with E-state index in [1.807, 2.05) is 13.8 Å². The van der Waals surface area contributed by atoms with Crippen molar-refractivity contribution in [2.75, 3.05) is 0 Å². The number of hydrogen-bond donors (Lipinski definition) is 0. The zero-order valence-corrected chi connectivity index (χ0v) is 10.1. The van der Waals surface area contributed by atoms with E-state index < -0.39 is 11.9 Å². The van der Waals surface area contributed by atoms with Crippen LogP contribution in [0.15, 0.2) is 12.1 Å². The molecule has 0 bridgehead atoms. The molecular weight excluding hydrogens is 231 g/mol. The second-order valence-corrected chi connectivity index (χ2v) is 3.34. The maximum atomic E-state index is 12.6. The van der Waals surface area contributed by atoms with Crippen LogP contribution in [-0.2, 0) is 6.18 Å². The zero-order chi connectivity index (χ0) is 13.2. The largest absolute Gasteiger partial charge is 0.433 e. The normalized spacial score (nSPS) is 11.2. The Hall–Kier alpha value is -1.59. The van der Waals surface area contributed by atoms with Crippen molar-refractivity contribution in [3.05, 3.63) is 29.2 Å². The molecule has 3 nitrogen and oxygen atoms in total. The molecule has 17 heavy (non-hydrogen) atoms. The average Bonchev–Trinajstić information content (AvgIpc) is 2.58. The molecule has 0 saturated carbocycles. The Bertz CT molecular complexity index is 514. The van der Waals surface area contributed by atoms with Crippen LogP contribution in [0.3, 0.4) is 0 Å². The third-order valence-electron chi connectivity index (χ3n) is 1.97. The van der Waals surface area contributed by atoms with Crippen LogP contribution in [0.2, 0.25) is 0 Å². The molecular formula is C11H14F3N3. The van der Waals surface area contributed by atoms with Gasteiger partial charge in [-0.3, -0.25) is 0 Å². The van der Waals surface area contributed by atoms with E-state index in [4.69, 9.17) is 0 Å². The Morgan fingerprint density at radius 2 is 1.65 bits per heavy atom. The third kappa shape index (κ3) is 2.75. The molecule has 0 aliphatic carbocycles. The van der Waals surface area contributed by atoms with Crippen LogP contribution < -0.4 is 0 Å². The molecule has 0 saturated heterocycles. The summed E-state index contributed by atoms with van der Waals surface area (Å²) in [6, 6.07) is 2.50. The van der Waals surface area contributed by atoms with Crippen LogP contribution in [0.25, 0.3) is 5.65 Å². The Balaban J connectivity index is 0.000000686. The second kappa shape index (κ2) is 4.73. The summed E-state index contributed by atoms with van der Waals surface area (Å²) in [5.41, 5.74) is 0.270. The van der Waals surface area contributed by atoms with E-state index in [9.17, 15) is 13.2 Å². The fourth-order valence-electron chi connectivity index (χ4n) is 1.42. The number of alkyl halides is 3.